The number of anilines is 1. The molecule has 0 aliphatic heterocycles. The lowest BCUT2D eigenvalue weighted by Gasteiger charge is -2.14. The van der Waals surface area contributed by atoms with E-state index in [9.17, 15) is 9.59 Å². The molecule has 0 bridgehead atoms. The van der Waals surface area contributed by atoms with E-state index in [-0.39, 0.29) is 18.4 Å². The fourth-order valence-electron chi connectivity index (χ4n) is 2.31. The van der Waals surface area contributed by atoms with Gasteiger partial charge >= 0.3 is 0 Å². The van der Waals surface area contributed by atoms with E-state index in [0.717, 1.165) is 11.3 Å². The molecule has 1 aromatic heterocycles. The topological polar surface area (TPSA) is 97.3 Å². The van der Waals surface area contributed by atoms with E-state index < -0.39 is 6.04 Å². The number of aromatic nitrogens is 2. The maximum Gasteiger partial charge on any atom is 0.243 e. The molecule has 8 heteroatoms. The van der Waals surface area contributed by atoms with Gasteiger partial charge in [0.2, 0.25) is 11.8 Å². The third-order valence-corrected chi connectivity index (χ3v) is 3.48. The third kappa shape index (κ3) is 5.32. The summed E-state index contributed by atoms with van der Waals surface area (Å²) in [6.07, 6.45) is 3.36. The van der Waals surface area contributed by atoms with Crippen molar-refractivity contribution < 1.29 is 14.3 Å². The van der Waals surface area contributed by atoms with Crippen molar-refractivity contribution in [3.63, 3.8) is 0 Å². The Morgan fingerprint density at radius 1 is 1.28 bits per heavy atom. The number of likely N-dealkylation sites (N-methyl/N-ethyl adjacent to an activating group) is 1. The maximum absolute atomic E-state index is 12.3. The largest absolute Gasteiger partial charge is 0.494 e. The van der Waals surface area contributed by atoms with Crippen LogP contribution in [-0.4, -0.2) is 41.8 Å². The fraction of sp³-hybridized carbons (Fsp3) is 0.353. The van der Waals surface area contributed by atoms with Crippen molar-refractivity contribution in [2.24, 2.45) is 7.05 Å². The first-order valence-electron chi connectivity index (χ1n) is 7.99. The molecule has 8 nitrogen and oxygen atoms in total. The zero-order valence-electron chi connectivity index (χ0n) is 14.6. The van der Waals surface area contributed by atoms with Crippen LogP contribution in [0.25, 0.3) is 0 Å². The SMILES string of the molecule is CCOc1ccc(NC(=O)CNC(=O)C(NC)c2cnn(C)c2)cc1. The normalized spacial score (nSPS) is 11.6. The average Bonchev–Trinajstić information content (AvgIpc) is 3.02. The molecule has 1 aromatic carbocycles. The molecule has 3 N–H and O–H groups in total. The van der Waals surface area contributed by atoms with Crippen LogP contribution in [-0.2, 0) is 16.6 Å². The van der Waals surface area contributed by atoms with Crippen LogP contribution in [0.2, 0.25) is 0 Å². The van der Waals surface area contributed by atoms with Gasteiger partial charge in [-0.05, 0) is 38.2 Å². The molecule has 2 aromatic rings. The number of nitrogens with one attached hydrogen (secondary N) is 3. The summed E-state index contributed by atoms with van der Waals surface area (Å²) in [7, 11) is 3.45. The molecule has 0 radical (unpaired) electrons. The maximum atomic E-state index is 12.3. The number of nitrogens with zero attached hydrogens (tertiary/aromatic N) is 2. The highest BCUT2D eigenvalue weighted by Gasteiger charge is 2.20. The number of benzene rings is 1. The number of aryl methyl sites for hydroxylation is 1. The number of hydrogen-bond donors (Lipinski definition) is 3. The fourth-order valence-corrected chi connectivity index (χ4v) is 2.31. The monoisotopic (exact) mass is 345 g/mol. The summed E-state index contributed by atoms with van der Waals surface area (Å²) in [6, 6.07) is 6.48. The lowest BCUT2D eigenvalue weighted by atomic mass is 10.1. The number of carbonyl (C=O) groups is 2. The molecule has 2 rings (SSSR count). The van der Waals surface area contributed by atoms with Gasteiger partial charge in [-0.15, -0.1) is 0 Å². The van der Waals surface area contributed by atoms with Crippen molar-refractivity contribution in [3.05, 3.63) is 42.2 Å². The zero-order chi connectivity index (χ0) is 18.2. The molecule has 1 heterocycles. The van der Waals surface area contributed by atoms with Gasteiger partial charge in [-0.3, -0.25) is 14.3 Å². The smallest absolute Gasteiger partial charge is 0.243 e. The van der Waals surface area contributed by atoms with E-state index in [4.69, 9.17) is 4.74 Å². The summed E-state index contributed by atoms with van der Waals surface area (Å²) in [6.45, 7) is 2.37. The molecule has 0 spiro atoms. The summed E-state index contributed by atoms with van der Waals surface area (Å²) in [4.78, 5) is 24.2. The summed E-state index contributed by atoms with van der Waals surface area (Å²) in [5.74, 6) is 0.137. The summed E-state index contributed by atoms with van der Waals surface area (Å²) < 4.78 is 6.96. The van der Waals surface area contributed by atoms with Crippen LogP contribution in [0.5, 0.6) is 5.75 Å². The quantitative estimate of drug-likeness (QED) is 0.658. The Labute approximate surface area is 146 Å². The van der Waals surface area contributed by atoms with Crippen molar-refractivity contribution in [2.45, 2.75) is 13.0 Å². The summed E-state index contributed by atoms with van der Waals surface area (Å²) >= 11 is 0. The highest BCUT2D eigenvalue weighted by molar-refractivity contribution is 5.95. The summed E-state index contributed by atoms with van der Waals surface area (Å²) in [5.41, 5.74) is 1.37. The lowest BCUT2D eigenvalue weighted by Crippen LogP contribution is -2.39. The molecule has 1 unspecified atom stereocenters. The minimum absolute atomic E-state index is 0.121. The Morgan fingerprint density at radius 2 is 2.00 bits per heavy atom. The Balaban J connectivity index is 1.85. The second kappa shape index (κ2) is 8.84. The molecule has 0 saturated carbocycles. The van der Waals surface area contributed by atoms with Crippen LogP contribution in [0.3, 0.4) is 0 Å². The second-order valence-electron chi connectivity index (χ2n) is 5.39. The van der Waals surface area contributed by atoms with Gasteiger partial charge in [0.25, 0.3) is 0 Å². The van der Waals surface area contributed by atoms with Gasteiger partial charge < -0.3 is 20.7 Å². The van der Waals surface area contributed by atoms with E-state index in [1.54, 1.807) is 55.4 Å². The van der Waals surface area contributed by atoms with Gasteiger partial charge in [0.05, 0.1) is 19.3 Å². The molecular formula is C17H23N5O3. The number of carbonyl (C=O) groups excluding carboxylic acids is 2. The second-order valence-corrected chi connectivity index (χ2v) is 5.39. The molecule has 2 amide bonds. The van der Waals surface area contributed by atoms with Gasteiger partial charge in [0.15, 0.2) is 0 Å². The van der Waals surface area contributed by atoms with Crippen molar-refractivity contribution in [3.8, 4) is 5.75 Å². The Bertz CT molecular complexity index is 711. The van der Waals surface area contributed by atoms with E-state index in [2.05, 4.69) is 21.0 Å². The molecule has 0 saturated heterocycles. The molecule has 134 valence electrons. The summed E-state index contributed by atoms with van der Waals surface area (Å²) in [5, 5.41) is 12.3. The predicted octanol–water partition coefficient (Wildman–Crippen LogP) is 0.834. The Kier molecular flexibility index (Phi) is 6.53. The number of hydrogen-bond acceptors (Lipinski definition) is 5. The first-order chi connectivity index (χ1) is 12.0. The highest BCUT2D eigenvalue weighted by Crippen LogP contribution is 2.15. The van der Waals surface area contributed by atoms with Crippen LogP contribution >= 0.6 is 0 Å². The molecule has 0 fully saturated rings. The van der Waals surface area contributed by atoms with E-state index in [0.29, 0.717) is 12.3 Å². The average molecular weight is 345 g/mol. The minimum Gasteiger partial charge on any atom is -0.494 e. The van der Waals surface area contributed by atoms with Crippen LogP contribution in [0, 0.1) is 0 Å². The first-order valence-corrected chi connectivity index (χ1v) is 7.99. The Morgan fingerprint density at radius 3 is 2.56 bits per heavy atom. The first kappa shape index (κ1) is 18.5. The van der Waals surface area contributed by atoms with Gasteiger partial charge in [0.1, 0.15) is 11.8 Å². The van der Waals surface area contributed by atoms with Crippen molar-refractivity contribution >= 4 is 17.5 Å². The van der Waals surface area contributed by atoms with Crippen molar-refractivity contribution in [2.75, 3.05) is 25.5 Å². The van der Waals surface area contributed by atoms with Gasteiger partial charge in [-0.25, -0.2) is 0 Å². The standard InChI is InChI=1S/C17H23N5O3/c1-4-25-14-7-5-13(6-8-14)21-15(23)10-19-17(24)16(18-2)12-9-20-22(3)11-12/h5-9,11,16,18H,4,10H2,1-3H3,(H,19,24)(H,21,23). The molecule has 25 heavy (non-hydrogen) atoms. The van der Waals surface area contributed by atoms with Crippen LogP contribution < -0.4 is 20.7 Å². The van der Waals surface area contributed by atoms with Gasteiger partial charge in [0, 0.05) is 24.5 Å². The van der Waals surface area contributed by atoms with Crippen LogP contribution in [0.4, 0.5) is 5.69 Å². The lowest BCUT2D eigenvalue weighted by molar-refractivity contribution is -0.125. The van der Waals surface area contributed by atoms with Crippen LogP contribution in [0.15, 0.2) is 36.7 Å². The van der Waals surface area contributed by atoms with Crippen molar-refractivity contribution in [1.29, 1.82) is 0 Å². The van der Waals surface area contributed by atoms with E-state index in [1.807, 2.05) is 6.92 Å². The van der Waals surface area contributed by atoms with Gasteiger partial charge in [-0.2, -0.15) is 5.10 Å². The molecule has 1 atom stereocenters. The van der Waals surface area contributed by atoms with Gasteiger partial charge in [-0.1, -0.05) is 0 Å². The Hall–Kier alpha value is -2.87. The zero-order valence-corrected chi connectivity index (χ0v) is 14.6. The molecular weight excluding hydrogens is 322 g/mol. The number of amides is 2. The molecule has 0 aliphatic carbocycles. The van der Waals surface area contributed by atoms with E-state index in [1.165, 1.54) is 0 Å². The van der Waals surface area contributed by atoms with Crippen LogP contribution in [0.1, 0.15) is 18.5 Å². The minimum atomic E-state index is -0.563. The highest BCUT2D eigenvalue weighted by atomic mass is 16.5. The number of ether oxygens (including phenoxy) is 1. The number of rotatable bonds is 8. The third-order valence-electron chi connectivity index (χ3n) is 3.48. The van der Waals surface area contributed by atoms with Crippen molar-refractivity contribution in [1.82, 2.24) is 20.4 Å². The molecule has 0 aliphatic rings. The predicted molar refractivity (Wildman–Crippen MR) is 94.3 cm³/mol. The van der Waals surface area contributed by atoms with E-state index >= 15 is 0 Å².